The molecule has 2 heteroatoms. The number of carbonyl (C=O) groups is 1. The number of ketones is 1. The van der Waals surface area contributed by atoms with Crippen molar-refractivity contribution in [1.29, 1.82) is 0 Å². The van der Waals surface area contributed by atoms with Crippen molar-refractivity contribution in [2.24, 2.45) is 5.92 Å². The first-order valence-electron chi connectivity index (χ1n) is 4.78. The van der Waals surface area contributed by atoms with Crippen LogP contribution < -0.4 is 0 Å². The molecule has 0 spiro atoms. The van der Waals surface area contributed by atoms with Crippen molar-refractivity contribution in [2.45, 2.75) is 46.6 Å². The SMILES string of the molecule is CCCO[C@H](CC)C(=O)C(C)C. The second kappa shape index (κ2) is 6.18. The number of rotatable bonds is 6. The lowest BCUT2D eigenvalue weighted by Crippen LogP contribution is -2.27. The van der Waals surface area contributed by atoms with Crippen molar-refractivity contribution in [2.75, 3.05) is 6.61 Å². The Labute approximate surface area is 75.3 Å². The number of Topliss-reactive ketones (excluding diaryl/α,β-unsaturated/α-hetero) is 1. The van der Waals surface area contributed by atoms with Crippen LogP contribution in [0.1, 0.15) is 40.5 Å². The zero-order valence-corrected chi connectivity index (χ0v) is 8.59. The summed E-state index contributed by atoms with van der Waals surface area (Å²) in [5.74, 6) is 0.317. The van der Waals surface area contributed by atoms with Crippen LogP contribution in [-0.2, 0) is 9.53 Å². The molecule has 2 nitrogen and oxygen atoms in total. The maximum atomic E-state index is 11.5. The first kappa shape index (κ1) is 11.6. The quantitative estimate of drug-likeness (QED) is 0.615. The highest BCUT2D eigenvalue weighted by molar-refractivity contribution is 5.84. The fraction of sp³-hybridized carbons (Fsp3) is 0.900. The second-order valence-electron chi connectivity index (χ2n) is 3.32. The molecule has 0 aromatic rings. The van der Waals surface area contributed by atoms with Gasteiger partial charge in [0.05, 0.1) is 0 Å². The first-order chi connectivity index (χ1) is 5.63. The monoisotopic (exact) mass is 172 g/mol. The molecule has 0 saturated carbocycles. The van der Waals surface area contributed by atoms with Gasteiger partial charge in [0.15, 0.2) is 5.78 Å². The van der Waals surface area contributed by atoms with E-state index in [0.29, 0.717) is 6.61 Å². The Morgan fingerprint density at radius 1 is 1.33 bits per heavy atom. The molecule has 0 aliphatic carbocycles. The van der Waals surface area contributed by atoms with Gasteiger partial charge in [0.2, 0.25) is 0 Å². The smallest absolute Gasteiger partial charge is 0.164 e. The molecule has 0 unspecified atom stereocenters. The van der Waals surface area contributed by atoms with Gasteiger partial charge in [-0.2, -0.15) is 0 Å². The highest BCUT2D eigenvalue weighted by Crippen LogP contribution is 2.07. The van der Waals surface area contributed by atoms with E-state index in [1.165, 1.54) is 0 Å². The van der Waals surface area contributed by atoms with Crippen molar-refractivity contribution in [1.82, 2.24) is 0 Å². The van der Waals surface area contributed by atoms with Gasteiger partial charge in [0.1, 0.15) is 6.10 Å². The third-order valence-corrected chi connectivity index (χ3v) is 1.78. The summed E-state index contributed by atoms with van der Waals surface area (Å²) in [6.45, 7) is 8.56. The summed E-state index contributed by atoms with van der Waals surface area (Å²) in [4.78, 5) is 11.5. The van der Waals surface area contributed by atoms with Gasteiger partial charge >= 0.3 is 0 Å². The second-order valence-corrected chi connectivity index (χ2v) is 3.32. The highest BCUT2D eigenvalue weighted by Gasteiger charge is 2.19. The average molecular weight is 172 g/mol. The van der Waals surface area contributed by atoms with Gasteiger partial charge in [-0.3, -0.25) is 4.79 Å². The molecule has 0 aromatic carbocycles. The van der Waals surface area contributed by atoms with E-state index >= 15 is 0 Å². The Hall–Kier alpha value is -0.370. The van der Waals surface area contributed by atoms with Crippen molar-refractivity contribution in [3.63, 3.8) is 0 Å². The molecule has 0 saturated heterocycles. The fourth-order valence-electron chi connectivity index (χ4n) is 1.03. The van der Waals surface area contributed by atoms with Crippen LogP contribution in [0.5, 0.6) is 0 Å². The van der Waals surface area contributed by atoms with Gasteiger partial charge in [0.25, 0.3) is 0 Å². The predicted molar refractivity (Wildman–Crippen MR) is 50.2 cm³/mol. The maximum Gasteiger partial charge on any atom is 0.164 e. The minimum atomic E-state index is -0.176. The van der Waals surface area contributed by atoms with E-state index in [4.69, 9.17) is 4.74 Å². The standard InChI is InChI=1S/C10H20O2/c1-5-7-12-9(6-2)10(11)8(3)4/h8-9H,5-7H2,1-4H3/t9-/m1/s1. The van der Waals surface area contributed by atoms with E-state index in [1.807, 2.05) is 27.7 Å². The topological polar surface area (TPSA) is 26.3 Å². The van der Waals surface area contributed by atoms with Gasteiger partial charge < -0.3 is 4.74 Å². The van der Waals surface area contributed by atoms with Crippen molar-refractivity contribution < 1.29 is 9.53 Å². The van der Waals surface area contributed by atoms with Crippen LogP contribution >= 0.6 is 0 Å². The summed E-state index contributed by atoms with van der Waals surface area (Å²) >= 11 is 0. The number of hydrogen-bond acceptors (Lipinski definition) is 2. The van der Waals surface area contributed by atoms with Crippen molar-refractivity contribution in [3.8, 4) is 0 Å². The van der Waals surface area contributed by atoms with E-state index < -0.39 is 0 Å². The summed E-state index contributed by atoms with van der Waals surface area (Å²) in [6, 6.07) is 0. The number of hydrogen-bond donors (Lipinski definition) is 0. The molecule has 0 radical (unpaired) electrons. The minimum absolute atomic E-state index is 0.0896. The fourth-order valence-corrected chi connectivity index (χ4v) is 1.03. The zero-order chi connectivity index (χ0) is 9.56. The van der Waals surface area contributed by atoms with Gasteiger partial charge in [-0.1, -0.05) is 27.7 Å². The molecule has 0 amide bonds. The Morgan fingerprint density at radius 2 is 1.92 bits per heavy atom. The van der Waals surface area contributed by atoms with E-state index in [9.17, 15) is 4.79 Å². The van der Waals surface area contributed by atoms with E-state index in [0.717, 1.165) is 12.8 Å². The molecule has 0 aliphatic rings. The largest absolute Gasteiger partial charge is 0.370 e. The van der Waals surface area contributed by atoms with Gasteiger partial charge in [-0.25, -0.2) is 0 Å². The summed E-state index contributed by atoms with van der Waals surface area (Å²) in [6.07, 6.45) is 1.59. The molecule has 0 rings (SSSR count). The van der Waals surface area contributed by atoms with Crippen molar-refractivity contribution >= 4 is 5.78 Å². The molecule has 0 fully saturated rings. The van der Waals surface area contributed by atoms with Crippen molar-refractivity contribution in [3.05, 3.63) is 0 Å². The van der Waals surface area contributed by atoms with Gasteiger partial charge in [0, 0.05) is 12.5 Å². The van der Waals surface area contributed by atoms with Gasteiger partial charge in [-0.05, 0) is 12.8 Å². The molecule has 0 heterocycles. The first-order valence-corrected chi connectivity index (χ1v) is 4.78. The molecule has 0 N–H and O–H groups in total. The van der Waals surface area contributed by atoms with Gasteiger partial charge in [-0.15, -0.1) is 0 Å². The molecule has 0 bridgehead atoms. The van der Waals surface area contributed by atoms with Crippen LogP contribution in [0, 0.1) is 5.92 Å². The zero-order valence-electron chi connectivity index (χ0n) is 8.59. The summed E-state index contributed by atoms with van der Waals surface area (Å²) in [5.41, 5.74) is 0. The van der Waals surface area contributed by atoms with Crippen LogP contribution in [0.2, 0.25) is 0 Å². The highest BCUT2D eigenvalue weighted by atomic mass is 16.5. The average Bonchev–Trinajstić information content (AvgIpc) is 2.05. The normalized spacial score (nSPS) is 13.4. The third-order valence-electron chi connectivity index (χ3n) is 1.78. The summed E-state index contributed by atoms with van der Waals surface area (Å²) in [5, 5.41) is 0. The molecular formula is C10H20O2. The molecular weight excluding hydrogens is 152 g/mol. The molecule has 12 heavy (non-hydrogen) atoms. The molecule has 0 aliphatic heterocycles. The van der Waals surface area contributed by atoms with E-state index in [2.05, 4.69) is 0 Å². The Bertz CT molecular complexity index is 130. The van der Waals surface area contributed by atoms with Crippen LogP contribution in [0.25, 0.3) is 0 Å². The van der Waals surface area contributed by atoms with Crippen LogP contribution in [0.4, 0.5) is 0 Å². The maximum absolute atomic E-state index is 11.5. The lowest BCUT2D eigenvalue weighted by atomic mass is 10.0. The summed E-state index contributed by atoms with van der Waals surface area (Å²) in [7, 11) is 0. The van der Waals surface area contributed by atoms with Crippen LogP contribution in [0.3, 0.4) is 0 Å². The van der Waals surface area contributed by atoms with Crippen LogP contribution in [-0.4, -0.2) is 18.5 Å². The van der Waals surface area contributed by atoms with E-state index in [-0.39, 0.29) is 17.8 Å². The summed E-state index contributed by atoms with van der Waals surface area (Å²) < 4.78 is 5.41. The van der Waals surface area contributed by atoms with Crippen LogP contribution in [0.15, 0.2) is 0 Å². The molecule has 1 atom stereocenters. The molecule has 72 valence electrons. The van der Waals surface area contributed by atoms with E-state index in [1.54, 1.807) is 0 Å². The number of carbonyl (C=O) groups excluding carboxylic acids is 1. The third kappa shape index (κ3) is 3.86. The number of ether oxygens (including phenoxy) is 1. The Balaban J connectivity index is 3.88. The lowest BCUT2D eigenvalue weighted by molar-refractivity contribution is -0.133. The minimum Gasteiger partial charge on any atom is -0.370 e. The molecule has 0 aromatic heterocycles. The predicted octanol–water partition coefficient (Wildman–Crippen LogP) is 2.42. The lowest BCUT2D eigenvalue weighted by Gasteiger charge is -2.16. The Kier molecular flexibility index (Phi) is 5.99. The Morgan fingerprint density at radius 3 is 2.25 bits per heavy atom.